The van der Waals surface area contributed by atoms with Crippen molar-refractivity contribution in [3.8, 4) is 17.2 Å². The Kier molecular flexibility index (Phi) is 5.50. The number of carbonyl (C=O) groups excluding carboxylic acids is 1. The van der Waals surface area contributed by atoms with Gasteiger partial charge in [0.1, 0.15) is 5.69 Å². The summed E-state index contributed by atoms with van der Waals surface area (Å²) in [5.41, 5.74) is 0.681. The van der Waals surface area contributed by atoms with Gasteiger partial charge in [-0.25, -0.2) is 19.4 Å². The van der Waals surface area contributed by atoms with Crippen molar-refractivity contribution in [1.82, 2.24) is 25.1 Å². The summed E-state index contributed by atoms with van der Waals surface area (Å²) in [4.78, 5) is 18.5. The number of alkyl halides is 3. The highest BCUT2D eigenvalue weighted by Gasteiger charge is 2.33. The maximum atomic E-state index is 12.8. The van der Waals surface area contributed by atoms with Crippen LogP contribution in [-0.4, -0.2) is 33.0 Å². The Balaban J connectivity index is 1.87. The van der Waals surface area contributed by atoms with E-state index in [0.717, 1.165) is 16.9 Å². The number of nitrogens with zero attached hydrogens (tertiary/aromatic N) is 4. The number of amides is 1. The minimum atomic E-state index is -4.58. The summed E-state index contributed by atoms with van der Waals surface area (Å²) in [5.74, 6) is -0.206. The molecule has 0 bridgehead atoms. The van der Waals surface area contributed by atoms with E-state index < -0.39 is 18.0 Å². The third-order valence-electron chi connectivity index (χ3n) is 3.68. The lowest BCUT2D eigenvalue weighted by Gasteiger charge is -2.08. The maximum Gasteiger partial charge on any atom is 0.433 e. The van der Waals surface area contributed by atoms with E-state index in [1.807, 2.05) is 0 Å². The Hall–Kier alpha value is -3.14. The van der Waals surface area contributed by atoms with E-state index >= 15 is 0 Å². The monoisotopic (exact) mass is 411 g/mol. The summed E-state index contributed by atoms with van der Waals surface area (Å²) in [6.07, 6.45) is -2.71. The van der Waals surface area contributed by atoms with Gasteiger partial charge in [0.2, 0.25) is 0 Å². The molecule has 0 fully saturated rings. The molecule has 0 radical (unpaired) electrons. The molecule has 146 valence electrons. The van der Waals surface area contributed by atoms with Gasteiger partial charge in [0, 0.05) is 29.5 Å². The van der Waals surface area contributed by atoms with Crippen LogP contribution in [0.15, 0.2) is 42.7 Å². The van der Waals surface area contributed by atoms with Crippen LogP contribution in [0.3, 0.4) is 0 Å². The highest BCUT2D eigenvalue weighted by molar-refractivity contribution is 6.31. The molecule has 2 heterocycles. The number of alkyl carbamates (subject to hydrolysis) is 1. The molecule has 3 aromatic rings. The fraction of sp³-hybridized carbons (Fsp3) is 0.176. The van der Waals surface area contributed by atoms with Gasteiger partial charge >= 0.3 is 12.3 Å². The van der Waals surface area contributed by atoms with Crippen molar-refractivity contribution in [3.05, 3.63) is 59.0 Å². The van der Waals surface area contributed by atoms with E-state index in [-0.39, 0.29) is 12.5 Å². The Morgan fingerprint density at radius 2 is 2.07 bits per heavy atom. The Labute approximate surface area is 162 Å². The number of carbonyl (C=O) groups is 1. The smallest absolute Gasteiger partial charge is 0.433 e. The maximum absolute atomic E-state index is 12.8. The average molecular weight is 412 g/mol. The molecule has 1 N–H and O–H groups in total. The second kappa shape index (κ2) is 7.85. The molecule has 0 aliphatic heterocycles. The molecular formula is C17H13ClF3N5O2. The van der Waals surface area contributed by atoms with Crippen LogP contribution in [0.1, 0.15) is 11.3 Å². The molecule has 0 atom stereocenters. The fourth-order valence-corrected chi connectivity index (χ4v) is 2.50. The van der Waals surface area contributed by atoms with E-state index in [2.05, 4.69) is 25.1 Å². The van der Waals surface area contributed by atoms with Crippen LogP contribution in [0.25, 0.3) is 17.2 Å². The first kappa shape index (κ1) is 19.6. The molecule has 1 aromatic carbocycles. The van der Waals surface area contributed by atoms with Gasteiger partial charge in [-0.15, -0.1) is 0 Å². The zero-order chi connectivity index (χ0) is 20.3. The number of rotatable bonds is 4. The van der Waals surface area contributed by atoms with Crippen LogP contribution in [-0.2, 0) is 17.5 Å². The number of hydrogen-bond acceptors (Lipinski definition) is 5. The van der Waals surface area contributed by atoms with Crippen LogP contribution in [0, 0.1) is 0 Å². The SMILES string of the molecule is COC(=O)NCc1cc(-c2ccn(-c3nccc(C(F)(F)F)n3)n2)ccc1Cl. The predicted octanol–water partition coefficient (Wildman–Crippen LogP) is 3.86. The lowest BCUT2D eigenvalue weighted by atomic mass is 10.1. The first-order chi connectivity index (χ1) is 13.3. The zero-order valence-electron chi connectivity index (χ0n) is 14.4. The van der Waals surface area contributed by atoms with Gasteiger partial charge in [0.15, 0.2) is 0 Å². The molecule has 0 aliphatic carbocycles. The van der Waals surface area contributed by atoms with Gasteiger partial charge < -0.3 is 10.1 Å². The van der Waals surface area contributed by atoms with Gasteiger partial charge in [-0.3, -0.25) is 0 Å². The van der Waals surface area contributed by atoms with Crippen molar-refractivity contribution >= 4 is 17.7 Å². The number of benzene rings is 1. The number of ether oxygens (including phenoxy) is 1. The Bertz CT molecular complexity index is 1010. The van der Waals surface area contributed by atoms with Crippen molar-refractivity contribution < 1.29 is 22.7 Å². The molecule has 0 saturated heterocycles. The van der Waals surface area contributed by atoms with Gasteiger partial charge in [-0.2, -0.15) is 18.3 Å². The summed E-state index contributed by atoms with van der Waals surface area (Å²) in [7, 11) is 1.25. The Morgan fingerprint density at radius 1 is 1.29 bits per heavy atom. The standard InChI is InChI=1S/C17H13ClF3N5O2/c1-28-16(27)23-9-11-8-10(2-3-12(11)18)13-5-7-26(25-13)15-22-6-4-14(24-15)17(19,20)21/h2-8H,9H2,1H3,(H,23,27). The topological polar surface area (TPSA) is 81.9 Å². The van der Waals surface area contributed by atoms with Crippen molar-refractivity contribution in [2.24, 2.45) is 0 Å². The van der Waals surface area contributed by atoms with Crippen molar-refractivity contribution in [2.75, 3.05) is 7.11 Å². The van der Waals surface area contributed by atoms with Crippen LogP contribution in [0.5, 0.6) is 0 Å². The first-order valence-corrected chi connectivity index (χ1v) is 8.22. The van der Waals surface area contributed by atoms with E-state index in [4.69, 9.17) is 11.6 Å². The number of nitrogens with one attached hydrogen (secondary N) is 1. The average Bonchev–Trinajstić information content (AvgIpc) is 3.16. The Morgan fingerprint density at radius 3 is 2.79 bits per heavy atom. The van der Waals surface area contributed by atoms with Gasteiger partial charge in [0.05, 0.1) is 12.8 Å². The highest BCUT2D eigenvalue weighted by atomic mass is 35.5. The van der Waals surface area contributed by atoms with Crippen LogP contribution in [0.4, 0.5) is 18.0 Å². The molecule has 0 aliphatic rings. The van der Waals surface area contributed by atoms with Crippen LogP contribution in [0.2, 0.25) is 5.02 Å². The molecule has 3 rings (SSSR count). The fourth-order valence-electron chi connectivity index (χ4n) is 2.32. The van der Waals surface area contributed by atoms with Gasteiger partial charge in [0.25, 0.3) is 5.95 Å². The zero-order valence-corrected chi connectivity index (χ0v) is 15.1. The lowest BCUT2D eigenvalue weighted by molar-refractivity contribution is -0.141. The number of hydrogen-bond donors (Lipinski definition) is 1. The molecule has 7 nitrogen and oxygen atoms in total. The largest absolute Gasteiger partial charge is 0.453 e. The molecule has 0 saturated carbocycles. The van der Waals surface area contributed by atoms with Crippen molar-refractivity contribution in [3.63, 3.8) is 0 Å². The summed E-state index contributed by atoms with van der Waals surface area (Å²) in [5, 5.41) is 7.18. The third kappa shape index (κ3) is 4.39. The van der Waals surface area contributed by atoms with Crippen LogP contribution < -0.4 is 5.32 Å². The summed E-state index contributed by atoms with van der Waals surface area (Å²) in [6, 6.07) is 7.42. The summed E-state index contributed by atoms with van der Waals surface area (Å²) < 4.78 is 44.1. The van der Waals surface area contributed by atoms with Crippen molar-refractivity contribution in [2.45, 2.75) is 12.7 Å². The number of halogens is 4. The van der Waals surface area contributed by atoms with E-state index in [1.54, 1.807) is 24.3 Å². The van der Waals surface area contributed by atoms with Crippen LogP contribution >= 0.6 is 11.6 Å². The minimum Gasteiger partial charge on any atom is -0.453 e. The minimum absolute atomic E-state index is 0.136. The second-order valence-corrected chi connectivity index (χ2v) is 5.94. The predicted molar refractivity (Wildman–Crippen MR) is 93.8 cm³/mol. The lowest BCUT2D eigenvalue weighted by Crippen LogP contribution is -2.22. The molecule has 11 heteroatoms. The molecule has 1 amide bonds. The molecule has 28 heavy (non-hydrogen) atoms. The normalized spacial score (nSPS) is 11.3. The molecule has 0 unspecified atom stereocenters. The summed E-state index contributed by atoms with van der Waals surface area (Å²) in [6.45, 7) is 0.136. The molecule has 0 spiro atoms. The van der Waals surface area contributed by atoms with E-state index in [0.29, 0.717) is 21.8 Å². The number of methoxy groups -OCH3 is 1. The molecule has 2 aromatic heterocycles. The first-order valence-electron chi connectivity index (χ1n) is 7.85. The molecular weight excluding hydrogens is 399 g/mol. The summed E-state index contributed by atoms with van der Waals surface area (Å²) >= 11 is 6.13. The quantitative estimate of drug-likeness (QED) is 0.705. The van der Waals surface area contributed by atoms with Gasteiger partial charge in [-0.05, 0) is 29.8 Å². The highest BCUT2D eigenvalue weighted by Crippen LogP contribution is 2.28. The third-order valence-corrected chi connectivity index (χ3v) is 4.05. The number of aromatic nitrogens is 4. The second-order valence-electron chi connectivity index (χ2n) is 5.54. The van der Waals surface area contributed by atoms with Gasteiger partial charge in [-0.1, -0.05) is 17.7 Å². The van der Waals surface area contributed by atoms with E-state index in [9.17, 15) is 18.0 Å². The van der Waals surface area contributed by atoms with E-state index in [1.165, 1.54) is 13.3 Å². The van der Waals surface area contributed by atoms with Crippen molar-refractivity contribution in [1.29, 1.82) is 0 Å².